The fourth-order valence-corrected chi connectivity index (χ4v) is 9.23. The van der Waals surface area contributed by atoms with Gasteiger partial charge in [-0.3, -0.25) is 0 Å². The summed E-state index contributed by atoms with van der Waals surface area (Å²) in [5.74, 6) is 0. The van der Waals surface area contributed by atoms with Crippen LogP contribution in [0.2, 0.25) is 0 Å². The van der Waals surface area contributed by atoms with Gasteiger partial charge in [0.2, 0.25) is 0 Å². The van der Waals surface area contributed by atoms with Crippen molar-refractivity contribution in [2.45, 2.75) is 0 Å². The van der Waals surface area contributed by atoms with Gasteiger partial charge in [0.15, 0.2) is 0 Å². The molecule has 0 saturated carbocycles. The molecule has 174 valence electrons. The van der Waals surface area contributed by atoms with Gasteiger partial charge in [0.1, 0.15) is 0 Å². The Balaban J connectivity index is 1.37. The molecule has 0 unspecified atom stereocenters. The van der Waals surface area contributed by atoms with Crippen LogP contribution in [-0.4, -0.2) is 14.5 Å². The van der Waals surface area contributed by atoms with Crippen molar-refractivity contribution in [3.63, 3.8) is 0 Å². The van der Waals surface area contributed by atoms with E-state index in [2.05, 4.69) is 132 Å². The summed E-state index contributed by atoms with van der Waals surface area (Å²) in [6, 6.07) is 46.8. The van der Waals surface area contributed by atoms with E-state index in [0.29, 0.717) is 14.5 Å². The molecule has 0 aliphatic rings. The van der Waals surface area contributed by atoms with Crippen molar-refractivity contribution in [1.29, 1.82) is 0 Å². The number of thiophene rings is 1. The molecule has 0 aliphatic carbocycles. The first-order chi connectivity index (χ1) is 18.3. The van der Waals surface area contributed by atoms with Gasteiger partial charge < -0.3 is 0 Å². The Morgan fingerprint density at radius 2 is 1.14 bits per heavy atom. The molecule has 0 saturated heterocycles. The maximum absolute atomic E-state index is 2.41. The molecule has 0 spiro atoms. The fourth-order valence-electron chi connectivity index (χ4n) is 5.51. The molecule has 0 amide bonds. The van der Waals surface area contributed by atoms with E-state index < -0.39 is 0 Å². The van der Waals surface area contributed by atoms with Crippen molar-refractivity contribution in [1.82, 2.24) is 0 Å². The Morgan fingerprint density at radius 1 is 0.459 bits per heavy atom. The van der Waals surface area contributed by atoms with E-state index >= 15 is 0 Å². The van der Waals surface area contributed by atoms with E-state index in [-0.39, 0.29) is 0 Å². The first-order valence-corrected chi connectivity index (χ1v) is 15.0. The van der Waals surface area contributed by atoms with Gasteiger partial charge in [-0.05, 0) is 0 Å². The van der Waals surface area contributed by atoms with Gasteiger partial charge in [-0.15, -0.1) is 0 Å². The molecule has 2 heterocycles. The van der Waals surface area contributed by atoms with Crippen LogP contribution in [0, 0.1) is 0 Å². The van der Waals surface area contributed by atoms with E-state index in [4.69, 9.17) is 0 Å². The van der Waals surface area contributed by atoms with Gasteiger partial charge in [-0.2, -0.15) is 0 Å². The van der Waals surface area contributed by atoms with Gasteiger partial charge in [0.05, 0.1) is 0 Å². The van der Waals surface area contributed by atoms with Crippen LogP contribution >= 0.6 is 11.3 Å². The predicted molar refractivity (Wildman–Crippen MR) is 163 cm³/mol. The number of anilines is 3. The van der Waals surface area contributed by atoms with Crippen molar-refractivity contribution in [2.24, 2.45) is 0 Å². The fraction of sp³-hybridized carbons (Fsp3) is 0. The summed E-state index contributed by atoms with van der Waals surface area (Å²) in [6.07, 6.45) is 0. The number of hydrogen-bond donors (Lipinski definition) is 0. The van der Waals surface area contributed by atoms with Crippen molar-refractivity contribution in [3.8, 4) is 0 Å². The second kappa shape index (κ2) is 8.33. The Labute approximate surface area is 224 Å². The first-order valence-electron chi connectivity index (χ1n) is 12.4. The van der Waals surface area contributed by atoms with Crippen LogP contribution < -0.4 is 4.90 Å². The zero-order valence-electron chi connectivity index (χ0n) is 19.9. The van der Waals surface area contributed by atoms with E-state index in [0.717, 1.165) is 0 Å². The zero-order chi connectivity index (χ0) is 24.3. The molecule has 6 aromatic carbocycles. The molecule has 0 fully saturated rings. The third-order valence-electron chi connectivity index (χ3n) is 7.24. The van der Waals surface area contributed by atoms with Crippen LogP contribution in [0.5, 0.6) is 0 Å². The second-order valence-electron chi connectivity index (χ2n) is 9.40. The minimum absolute atomic E-state index is 0.317. The molecule has 0 radical (unpaired) electrons. The van der Waals surface area contributed by atoms with Gasteiger partial charge in [0.25, 0.3) is 0 Å². The molecule has 1 nitrogen and oxygen atoms in total. The monoisotopic (exact) mass is 555 g/mol. The first kappa shape index (κ1) is 21.2. The van der Waals surface area contributed by atoms with Gasteiger partial charge >= 0.3 is 225 Å². The number of nitrogens with zero attached hydrogens (tertiary/aromatic N) is 1. The van der Waals surface area contributed by atoms with Crippen molar-refractivity contribution in [3.05, 3.63) is 127 Å². The van der Waals surface area contributed by atoms with Crippen LogP contribution in [0.1, 0.15) is 0 Å². The summed E-state index contributed by atoms with van der Waals surface area (Å²) in [5, 5.41) is 8.15. The molecule has 8 aromatic rings. The number of benzene rings is 6. The van der Waals surface area contributed by atoms with Crippen LogP contribution in [0.4, 0.5) is 17.1 Å². The van der Waals surface area contributed by atoms with Crippen LogP contribution in [0.3, 0.4) is 0 Å². The Kier molecular flexibility index (Phi) is 4.78. The quantitative estimate of drug-likeness (QED) is 0.197. The van der Waals surface area contributed by atoms with Crippen LogP contribution in [0.25, 0.3) is 50.2 Å². The molecule has 8 rings (SSSR count). The van der Waals surface area contributed by atoms with Crippen molar-refractivity contribution in [2.75, 3.05) is 4.90 Å². The summed E-state index contributed by atoms with van der Waals surface area (Å²) in [7, 11) is 0. The Hall–Kier alpha value is -3.88. The summed E-state index contributed by atoms with van der Waals surface area (Å²) in [4.78, 5) is 2.40. The van der Waals surface area contributed by atoms with E-state index in [1.807, 2.05) is 11.3 Å². The van der Waals surface area contributed by atoms with Crippen LogP contribution in [-0.2, 0) is 0 Å². The van der Waals surface area contributed by atoms with Crippen LogP contribution in [0.15, 0.2) is 127 Å². The maximum atomic E-state index is 2.41. The molecular formula is C34H21NSSe. The van der Waals surface area contributed by atoms with Gasteiger partial charge in [-0.25, -0.2) is 0 Å². The summed E-state index contributed by atoms with van der Waals surface area (Å²) >= 11 is 2.19. The molecule has 0 aliphatic heterocycles. The average molecular weight is 555 g/mol. The predicted octanol–water partition coefficient (Wildman–Crippen LogP) is 10.0. The summed E-state index contributed by atoms with van der Waals surface area (Å²) in [6.45, 7) is 0. The van der Waals surface area contributed by atoms with Crippen molar-refractivity contribution < 1.29 is 0 Å². The molecule has 0 N–H and O–H groups in total. The van der Waals surface area contributed by atoms with Crippen molar-refractivity contribution >= 4 is 93.1 Å². The van der Waals surface area contributed by atoms with Gasteiger partial charge in [0, 0.05) is 0 Å². The van der Waals surface area contributed by atoms with Gasteiger partial charge in [-0.1, -0.05) is 0 Å². The SMILES string of the molecule is c1ccc(N(c2ccc3c(c2)sc2ccccc23)c2ccc3ccc4c5ccccc5[se]c4c3c2)cc1. The Bertz CT molecular complexity index is 2100. The molecular weight excluding hydrogens is 533 g/mol. The van der Waals surface area contributed by atoms with E-state index in [9.17, 15) is 0 Å². The molecule has 37 heavy (non-hydrogen) atoms. The Morgan fingerprint density at radius 3 is 2.05 bits per heavy atom. The summed E-state index contributed by atoms with van der Waals surface area (Å²) in [5.41, 5.74) is 3.55. The molecule has 2 aromatic heterocycles. The number of rotatable bonds is 3. The standard InChI is InChI=1S/C34H21NSSe/c1-2-8-23(9-3-1)35(25-17-19-27-26-10-4-6-12-31(26)36-32(27)21-25)24-16-14-22-15-18-29-28-11-5-7-13-33(28)37-34(29)30(22)20-24/h1-21H. The summed E-state index contributed by atoms with van der Waals surface area (Å²) < 4.78 is 5.64. The number of hydrogen-bond acceptors (Lipinski definition) is 2. The minimum atomic E-state index is 0.317. The zero-order valence-corrected chi connectivity index (χ0v) is 22.4. The second-order valence-corrected chi connectivity index (χ2v) is 12.7. The third-order valence-corrected chi connectivity index (χ3v) is 10.9. The van der Waals surface area contributed by atoms with E-state index in [1.165, 1.54) is 67.3 Å². The average Bonchev–Trinajstić information content (AvgIpc) is 3.52. The normalized spacial score (nSPS) is 11.8. The topological polar surface area (TPSA) is 3.24 Å². The number of para-hydroxylation sites is 1. The van der Waals surface area contributed by atoms with E-state index in [1.54, 1.807) is 0 Å². The number of fused-ring (bicyclic) bond motifs is 8. The molecule has 0 bridgehead atoms. The molecule has 0 atom stereocenters. The molecule has 3 heteroatoms. The third kappa shape index (κ3) is 3.36.